The monoisotopic (exact) mass is 250 g/mol. The van der Waals surface area contributed by atoms with Crippen molar-refractivity contribution in [1.82, 2.24) is 0 Å². The normalized spacial score (nSPS) is 9.29. The van der Waals surface area contributed by atoms with E-state index < -0.39 is 5.82 Å². The van der Waals surface area contributed by atoms with Crippen molar-refractivity contribution < 1.29 is 14.0 Å². The van der Waals surface area contributed by atoms with Crippen molar-refractivity contribution >= 4 is 23.2 Å². The number of halogens is 1. The number of thioether (sulfide) groups is 1. The summed E-state index contributed by atoms with van der Waals surface area (Å²) in [4.78, 5) is 21.0. The van der Waals surface area contributed by atoms with Gasteiger partial charge >= 0.3 is 0 Å². The van der Waals surface area contributed by atoms with Crippen LogP contribution in [0.1, 0.15) is 29.3 Å². The minimum atomic E-state index is -0.499. The Morgan fingerprint density at radius 3 is 2.88 bits per heavy atom. The van der Waals surface area contributed by atoms with Crippen molar-refractivity contribution in [2.45, 2.75) is 13.3 Å². The molecule has 0 spiro atoms. The van der Waals surface area contributed by atoms with Crippen molar-refractivity contribution in [1.29, 1.82) is 0 Å². The third kappa shape index (κ3) is 4.83. The van der Waals surface area contributed by atoms with E-state index in [0.717, 1.165) is 6.07 Å². The summed E-state index contributed by atoms with van der Waals surface area (Å²) in [7, 11) is 0. The van der Waals surface area contributed by atoms with Gasteiger partial charge in [-0.3, -0.25) is 9.59 Å². The number of hydrogen-bond donors (Lipinski definition) is 0. The fourth-order valence-corrected chi connectivity index (χ4v) is 1.60. The van der Waals surface area contributed by atoms with E-state index in [4.69, 9.17) is 0 Å². The van der Waals surface area contributed by atoms with Gasteiger partial charge in [-0.2, -0.15) is 0 Å². The molecule has 0 heterocycles. The summed E-state index contributed by atoms with van der Waals surface area (Å²) < 4.78 is 13.4. The first-order chi connectivity index (χ1) is 8.13. The van der Waals surface area contributed by atoms with Crippen molar-refractivity contribution in [2.24, 2.45) is 0 Å². The summed E-state index contributed by atoms with van der Waals surface area (Å²) in [5, 5.41) is 0.0494. The molecule has 0 saturated heterocycles. The lowest BCUT2D eigenvalue weighted by Gasteiger charge is -1.95. The molecule has 0 amide bonds. The van der Waals surface area contributed by atoms with Gasteiger partial charge in [0.05, 0.1) is 5.56 Å². The lowest BCUT2D eigenvalue weighted by atomic mass is 10.1. The Hall–Kier alpha value is -1.60. The molecule has 1 aromatic carbocycles. The molecule has 0 fully saturated rings. The van der Waals surface area contributed by atoms with Crippen LogP contribution in [0, 0.1) is 17.7 Å². The highest BCUT2D eigenvalue weighted by molar-refractivity contribution is 8.13. The molecule has 0 aliphatic carbocycles. The third-order valence-corrected chi connectivity index (χ3v) is 2.70. The maximum Gasteiger partial charge on any atom is 0.185 e. The Morgan fingerprint density at radius 1 is 1.53 bits per heavy atom. The van der Waals surface area contributed by atoms with Gasteiger partial charge in [-0.15, -0.1) is 0 Å². The number of hydrogen-bond acceptors (Lipinski definition) is 3. The van der Waals surface area contributed by atoms with Gasteiger partial charge < -0.3 is 0 Å². The standard InChI is InChI=1S/C13H11FO2S/c1-10(16)17-7-3-2-4-12-6-5-11(9-15)8-13(12)14/h5-6,8-9H,3,7H2,1H3. The predicted molar refractivity (Wildman–Crippen MR) is 66.4 cm³/mol. The predicted octanol–water partition coefficient (Wildman–Crippen LogP) is 2.66. The summed E-state index contributed by atoms with van der Waals surface area (Å²) in [5.74, 6) is 5.57. The smallest absolute Gasteiger partial charge is 0.185 e. The summed E-state index contributed by atoms with van der Waals surface area (Å²) >= 11 is 1.20. The van der Waals surface area contributed by atoms with E-state index in [0.29, 0.717) is 24.0 Å². The van der Waals surface area contributed by atoms with Crippen LogP contribution in [0.3, 0.4) is 0 Å². The Kier molecular flexibility index (Phi) is 5.44. The first-order valence-electron chi connectivity index (χ1n) is 5.00. The van der Waals surface area contributed by atoms with Crippen LogP contribution in [-0.2, 0) is 4.79 Å². The molecule has 0 aliphatic heterocycles. The molecule has 0 unspecified atom stereocenters. The first kappa shape index (κ1) is 13.5. The van der Waals surface area contributed by atoms with Crippen molar-refractivity contribution in [3.8, 4) is 11.8 Å². The lowest BCUT2D eigenvalue weighted by molar-refractivity contribution is -0.109. The zero-order valence-corrected chi connectivity index (χ0v) is 10.1. The van der Waals surface area contributed by atoms with Crippen molar-refractivity contribution in [3.63, 3.8) is 0 Å². The maximum absolute atomic E-state index is 13.4. The molecule has 17 heavy (non-hydrogen) atoms. The van der Waals surface area contributed by atoms with Crippen LogP contribution in [0.25, 0.3) is 0 Å². The van der Waals surface area contributed by atoms with E-state index >= 15 is 0 Å². The second-order valence-corrected chi connectivity index (χ2v) is 4.52. The minimum absolute atomic E-state index is 0.0494. The van der Waals surface area contributed by atoms with Crippen LogP contribution in [0.2, 0.25) is 0 Å². The topological polar surface area (TPSA) is 34.1 Å². The second kappa shape index (κ2) is 6.87. The van der Waals surface area contributed by atoms with E-state index in [2.05, 4.69) is 11.8 Å². The molecule has 1 aromatic rings. The van der Waals surface area contributed by atoms with Gasteiger partial charge in [0.1, 0.15) is 12.1 Å². The van der Waals surface area contributed by atoms with E-state index in [1.807, 2.05) is 0 Å². The van der Waals surface area contributed by atoms with Gasteiger partial charge in [-0.05, 0) is 12.1 Å². The van der Waals surface area contributed by atoms with Gasteiger partial charge in [-0.1, -0.05) is 29.7 Å². The molecule has 0 saturated carbocycles. The molecule has 0 radical (unpaired) electrons. The number of carbonyl (C=O) groups is 2. The minimum Gasteiger partial charge on any atom is -0.298 e. The highest BCUT2D eigenvalue weighted by atomic mass is 32.2. The number of benzene rings is 1. The Bertz CT molecular complexity index is 486. The molecular weight excluding hydrogens is 239 g/mol. The van der Waals surface area contributed by atoms with E-state index in [-0.39, 0.29) is 10.7 Å². The summed E-state index contributed by atoms with van der Waals surface area (Å²) in [5.41, 5.74) is 0.559. The third-order valence-electron chi connectivity index (χ3n) is 1.88. The first-order valence-corrected chi connectivity index (χ1v) is 5.99. The average Bonchev–Trinajstić information content (AvgIpc) is 2.30. The van der Waals surface area contributed by atoms with Crippen LogP contribution < -0.4 is 0 Å². The maximum atomic E-state index is 13.4. The van der Waals surface area contributed by atoms with Crippen LogP contribution in [-0.4, -0.2) is 17.2 Å². The molecule has 4 heteroatoms. The van der Waals surface area contributed by atoms with Crippen LogP contribution in [0.15, 0.2) is 18.2 Å². The van der Waals surface area contributed by atoms with Gasteiger partial charge in [0.2, 0.25) is 0 Å². The highest BCUT2D eigenvalue weighted by Crippen LogP contribution is 2.08. The number of aldehydes is 1. The average molecular weight is 250 g/mol. The molecule has 1 rings (SSSR count). The molecule has 88 valence electrons. The largest absolute Gasteiger partial charge is 0.298 e. The Labute approximate surface area is 104 Å². The summed E-state index contributed by atoms with van der Waals surface area (Å²) in [6, 6.07) is 4.15. The van der Waals surface area contributed by atoms with Gasteiger partial charge in [0.25, 0.3) is 0 Å². The molecule has 0 bridgehead atoms. The van der Waals surface area contributed by atoms with Crippen LogP contribution in [0.4, 0.5) is 4.39 Å². The molecule has 0 N–H and O–H groups in total. The molecular formula is C13H11FO2S. The zero-order chi connectivity index (χ0) is 12.7. The van der Waals surface area contributed by atoms with Gasteiger partial charge in [0.15, 0.2) is 5.12 Å². The molecule has 2 nitrogen and oxygen atoms in total. The van der Waals surface area contributed by atoms with Crippen LogP contribution >= 0.6 is 11.8 Å². The second-order valence-electron chi connectivity index (χ2n) is 3.25. The molecule has 0 aliphatic rings. The molecule has 0 aromatic heterocycles. The van der Waals surface area contributed by atoms with Crippen molar-refractivity contribution in [2.75, 3.05) is 5.75 Å². The summed E-state index contributed by atoms with van der Waals surface area (Å²) in [6.07, 6.45) is 1.11. The fraction of sp³-hybridized carbons (Fsp3) is 0.231. The van der Waals surface area contributed by atoms with E-state index in [9.17, 15) is 14.0 Å². The highest BCUT2D eigenvalue weighted by Gasteiger charge is 1.99. The zero-order valence-electron chi connectivity index (χ0n) is 9.33. The quantitative estimate of drug-likeness (QED) is 0.470. The van der Waals surface area contributed by atoms with Gasteiger partial charge in [-0.25, -0.2) is 4.39 Å². The van der Waals surface area contributed by atoms with E-state index in [1.54, 1.807) is 0 Å². The SMILES string of the molecule is CC(=O)SCCC#Cc1ccc(C=O)cc1F. The van der Waals surface area contributed by atoms with E-state index in [1.165, 1.54) is 30.8 Å². The number of rotatable bonds is 3. The Morgan fingerprint density at radius 2 is 2.29 bits per heavy atom. The van der Waals surface area contributed by atoms with Gasteiger partial charge in [0, 0.05) is 24.7 Å². The fourth-order valence-electron chi connectivity index (χ4n) is 1.11. The number of carbonyl (C=O) groups excluding carboxylic acids is 2. The van der Waals surface area contributed by atoms with Crippen LogP contribution in [0.5, 0.6) is 0 Å². The lowest BCUT2D eigenvalue weighted by Crippen LogP contribution is -1.88. The molecule has 0 atom stereocenters. The van der Waals surface area contributed by atoms with Crippen molar-refractivity contribution in [3.05, 3.63) is 35.1 Å². The summed E-state index contributed by atoms with van der Waals surface area (Å²) in [6.45, 7) is 1.50. The Balaban J connectivity index is 2.59.